The molecule has 0 aliphatic carbocycles. The molecule has 240 valence electrons. The van der Waals surface area contributed by atoms with E-state index in [-0.39, 0.29) is 23.1 Å². The van der Waals surface area contributed by atoms with Crippen molar-refractivity contribution in [2.24, 2.45) is 0 Å². The number of amides is 3. The van der Waals surface area contributed by atoms with E-state index >= 15 is 0 Å². The second-order valence-electron chi connectivity index (χ2n) is 11.6. The largest absolute Gasteiger partial charge is 0.507 e. The van der Waals surface area contributed by atoms with Gasteiger partial charge in [0.1, 0.15) is 17.2 Å². The predicted molar refractivity (Wildman–Crippen MR) is 176 cm³/mol. The van der Waals surface area contributed by atoms with Gasteiger partial charge in [-0.3, -0.25) is 14.4 Å². The lowest BCUT2D eigenvalue weighted by atomic mass is 10.1. The Morgan fingerprint density at radius 3 is 2.33 bits per heavy atom. The van der Waals surface area contributed by atoms with Crippen LogP contribution in [0.1, 0.15) is 57.5 Å². The fourth-order valence-electron chi connectivity index (χ4n) is 5.22. The average Bonchev–Trinajstić information content (AvgIpc) is 3.03. The third kappa shape index (κ3) is 8.76. The molecule has 1 heterocycles. The summed E-state index contributed by atoms with van der Waals surface area (Å²) in [4.78, 5) is 44.6. The molecule has 0 saturated carbocycles. The molecule has 0 atom stereocenters. The number of piperazine rings is 1. The van der Waals surface area contributed by atoms with Gasteiger partial charge in [0.15, 0.2) is 0 Å². The molecule has 3 amide bonds. The lowest BCUT2D eigenvalue weighted by Gasteiger charge is -2.32. The number of aromatic hydroxyl groups is 1. The van der Waals surface area contributed by atoms with Crippen LogP contribution in [0.25, 0.3) is 0 Å². The maximum absolute atomic E-state index is 13.6. The van der Waals surface area contributed by atoms with Crippen LogP contribution in [0.3, 0.4) is 0 Å². The van der Waals surface area contributed by atoms with Gasteiger partial charge in [0.2, 0.25) is 5.91 Å². The summed E-state index contributed by atoms with van der Waals surface area (Å²) in [6.45, 7) is 7.72. The first-order valence-electron chi connectivity index (χ1n) is 15.3. The molecule has 0 bridgehead atoms. The van der Waals surface area contributed by atoms with Crippen LogP contribution < -0.4 is 19.7 Å². The van der Waals surface area contributed by atoms with Crippen molar-refractivity contribution in [3.8, 4) is 17.2 Å². The van der Waals surface area contributed by atoms with E-state index in [0.717, 1.165) is 56.6 Å². The van der Waals surface area contributed by atoms with Crippen molar-refractivity contribution < 1.29 is 29.0 Å². The first-order valence-corrected chi connectivity index (χ1v) is 15.3. The molecule has 1 saturated heterocycles. The highest BCUT2D eigenvalue weighted by Gasteiger charge is 2.21. The smallest absolute Gasteiger partial charge is 0.259 e. The highest BCUT2D eigenvalue weighted by Crippen LogP contribution is 2.32. The van der Waals surface area contributed by atoms with Crippen LogP contribution >= 0.6 is 0 Å². The van der Waals surface area contributed by atoms with Crippen LogP contribution in [0.5, 0.6) is 17.2 Å². The maximum atomic E-state index is 13.6. The van der Waals surface area contributed by atoms with Crippen LogP contribution in [0.4, 0.5) is 11.4 Å². The van der Waals surface area contributed by atoms with Crippen molar-refractivity contribution in [2.45, 2.75) is 39.5 Å². The van der Waals surface area contributed by atoms with Crippen LogP contribution in [-0.2, 0) is 4.79 Å². The molecule has 0 radical (unpaired) electrons. The zero-order valence-electron chi connectivity index (χ0n) is 26.9. The molecule has 1 aliphatic rings. The van der Waals surface area contributed by atoms with Crippen LogP contribution in [0, 0.1) is 13.8 Å². The highest BCUT2D eigenvalue weighted by molar-refractivity contribution is 6.09. The zero-order chi connectivity index (χ0) is 32.5. The molecule has 4 rings (SSSR count). The summed E-state index contributed by atoms with van der Waals surface area (Å²) in [6.07, 6.45) is 3.04. The van der Waals surface area contributed by atoms with E-state index < -0.39 is 5.91 Å². The zero-order valence-corrected chi connectivity index (χ0v) is 26.9. The summed E-state index contributed by atoms with van der Waals surface area (Å²) in [5.41, 5.74) is 3.34. The van der Waals surface area contributed by atoms with Crippen molar-refractivity contribution >= 4 is 29.1 Å². The second kappa shape index (κ2) is 15.4. The molecule has 1 fully saturated rings. The van der Waals surface area contributed by atoms with Crippen molar-refractivity contribution in [2.75, 3.05) is 64.2 Å². The third-order valence-corrected chi connectivity index (χ3v) is 8.02. The number of phenols is 1. The van der Waals surface area contributed by atoms with Crippen molar-refractivity contribution in [3.05, 3.63) is 76.9 Å². The van der Waals surface area contributed by atoms with Gasteiger partial charge in [0, 0.05) is 45.2 Å². The topological polar surface area (TPSA) is 112 Å². The van der Waals surface area contributed by atoms with E-state index in [2.05, 4.69) is 17.3 Å². The number of likely N-dealkylation sites (N-methyl/N-ethyl adjacent to an activating group) is 1. The number of carbonyl (C=O) groups is 3. The lowest BCUT2D eigenvalue weighted by Crippen LogP contribution is -2.47. The monoisotopic (exact) mass is 616 g/mol. The van der Waals surface area contributed by atoms with E-state index in [1.54, 1.807) is 37.4 Å². The Morgan fingerprint density at radius 2 is 1.60 bits per heavy atom. The first kappa shape index (κ1) is 33.3. The summed E-state index contributed by atoms with van der Waals surface area (Å²) in [6, 6.07) is 15.3. The molecule has 10 heteroatoms. The Bertz CT molecular complexity index is 1520. The quantitative estimate of drug-likeness (QED) is 0.267. The lowest BCUT2D eigenvalue weighted by molar-refractivity contribution is -0.132. The van der Waals surface area contributed by atoms with Gasteiger partial charge in [-0.25, -0.2) is 0 Å². The van der Waals surface area contributed by atoms with Crippen LogP contribution in [0.15, 0.2) is 54.6 Å². The Balaban J connectivity index is 1.35. The number of hydrogen-bond donors (Lipinski definition) is 2. The number of nitrogens with one attached hydrogen (secondary N) is 1. The fraction of sp³-hybridized carbons (Fsp3) is 0.400. The number of rotatable bonds is 12. The molecular weight excluding hydrogens is 572 g/mol. The van der Waals surface area contributed by atoms with Gasteiger partial charge in [-0.15, -0.1) is 0 Å². The molecule has 3 aromatic rings. The van der Waals surface area contributed by atoms with Crippen molar-refractivity contribution in [1.29, 1.82) is 0 Å². The van der Waals surface area contributed by atoms with E-state index in [1.807, 2.05) is 36.9 Å². The number of phenolic OH excluding ortho intramolecular Hbond substituents is 1. The molecule has 45 heavy (non-hydrogen) atoms. The standard InChI is InChI=1S/C35H44N4O6/c1-24-11-15-30(40)27(21-24)34(42)36-28-13-12-26(23-31(28)44-5)35(43)38(4)29-14-10-25(2)22-32(29)45-20-8-6-7-9-33(41)39-18-16-37(3)17-19-39/h10-15,21-23,40H,6-9,16-20H2,1-5H3,(H,36,42). The molecule has 0 spiro atoms. The second-order valence-corrected chi connectivity index (χ2v) is 11.6. The normalized spacial score (nSPS) is 13.3. The number of hydrogen-bond acceptors (Lipinski definition) is 7. The SMILES string of the molecule is COc1cc(C(=O)N(C)c2ccc(C)cc2OCCCCCC(=O)N2CCN(C)CC2)ccc1NC(=O)c1cc(C)ccc1O. The number of unbranched alkanes of at least 4 members (excludes halogenated alkanes) is 2. The van der Waals surface area contributed by atoms with Gasteiger partial charge in [-0.1, -0.05) is 17.7 Å². The number of anilines is 2. The Hall–Kier alpha value is -4.57. The minimum absolute atomic E-state index is 0.127. The molecule has 10 nitrogen and oxygen atoms in total. The van der Waals surface area contributed by atoms with Crippen molar-refractivity contribution in [1.82, 2.24) is 9.80 Å². The summed E-state index contributed by atoms with van der Waals surface area (Å²) in [7, 11) is 5.22. The number of benzene rings is 3. The van der Waals surface area contributed by atoms with E-state index in [4.69, 9.17) is 9.47 Å². The minimum Gasteiger partial charge on any atom is -0.507 e. The fourth-order valence-corrected chi connectivity index (χ4v) is 5.22. The molecule has 3 aromatic carbocycles. The molecular formula is C35H44N4O6. The number of methoxy groups -OCH3 is 1. The third-order valence-electron chi connectivity index (χ3n) is 8.02. The van der Waals surface area contributed by atoms with Crippen LogP contribution in [0.2, 0.25) is 0 Å². The molecule has 0 unspecified atom stereocenters. The predicted octanol–water partition coefficient (Wildman–Crippen LogP) is 5.26. The van der Waals surface area contributed by atoms with Crippen LogP contribution in [-0.4, -0.2) is 86.6 Å². The van der Waals surface area contributed by atoms with E-state index in [1.165, 1.54) is 18.1 Å². The molecule has 2 N–H and O–H groups in total. The summed E-state index contributed by atoms with van der Waals surface area (Å²) in [5.74, 6) is 0.238. The average molecular weight is 617 g/mol. The molecule has 0 aromatic heterocycles. The van der Waals surface area contributed by atoms with Crippen molar-refractivity contribution in [3.63, 3.8) is 0 Å². The minimum atomic E-state index is -0.492. The number of carbonyl (C=O) groups excluding carboxylic acids is 3. The Kier molecular flexibility index (Phi) is 11.4. The van der Waals surface area contributed by atoms with Gasteiger partial charge in [0.25, 0.3) is 11.8 Å². The summed E-state index contributed by atoms with van der Waals surface area (Å²) >= 11 is 0. The Labute approximate surface area is 265 Å². The highest BCUT2D eigenvalue weighted by atomic mass is 16.5. The van der Waals surface area contributed by atoms with Gasteiger partial charge < -0.3 is 34.6 Å². The molecule has 1 aliphatic heterocycles. The van der Waals surface area contributed by atoms with Gasteiger partial charge in [0.05, 0.1) is 30.7 Å². The van der Waals surface area contributed by atoms with E-state index in [0.29, 0.717) is 41.5 Å². The summed E-state index contributed by atoms with van der Waals surface area (Å²) < 4.78 is 11.6. The van der Waals surface area contributed by atoms with E-state index in [9.17, 15) is 19.5 Å². The van der Waals surface area contributed by atoms with Gasteiger partial charge >= 0.3 is 0 Å². The first-order chi connectivity index (χ1) is 21.6. The van der Waals surface area contributed by atoms with Gasteiger partial charge in [-0.05, 0) is 88.2 Å². The number of aryl methyl sites for hydroxylation is 2. The number of ether oxygens (including phenoxy) is 2. The Morgan fingerprint density at radius 1 is 0.889 bits per heavy atom. The van der Waals surface area contributed by atoms with Gasteiger partial charge in [-0.2, -0.15) is 0 Å². The summed E-state index contributed by atoms with van der Waals surface area (Å²) in [5, 5.41) is 12.9. The maximum Gasteiger partial charge on any atom is 0.259 e. The number of nitrogens with zero attached hydrogens (tertiary/aromatic N) is 3.